The lowest BCUT2D eigenvalue weighted by Crippen LogP contribution is -2.42. The van der Waals surface area contributed by atoms with E-state index >= 15 is 0 Å². The lowest BCUT2D eigenvalue weighted by molar-refractivity contribution is -0.123. The third-order valence-electron chi connectivity index (χ3n) is 9.22. The van der Waals surface area contributed by atoms with Gasteiger partial charge in [0.25, 0.3) is 5.91 Å². The molecule has 7 nitrogen and oxygen atoms in total. The van der Waals surface area contributed by atoms with Gasteiger partial charge in [0.15, 0.2) is 0 Å². The molecular formula is C35H48N4O3. The second-order valence-corrected chi connectivity index (χ2v) is 12.4. The fraction of sp³-hybridized carbons (Fsp3) is 0.543. The number of rotatable bonds is 6. The van der Waals surface area contributed by atoms with Crippen molar-refractivity contribution in [3.05, 3.63) is 65.4 Å². The molecule has 1 aromatic heterocycles. The highest BCUT2D eigenvalue weighted by atomic mass is 16.5. The van der Waals surface area contributed by atoms with Crippen LogP contribution in [0.5, 0.6) is 0 Å². The van der Waals surface area contributed by atoms with E-state index in [9.17, 15) is 9.59 Å². The van der Waals surface area contributed by atoms with Crippen molar-refractivity contribution >= 4 is 28.4 Å². The first kappa shape index (κ1) is 30.3. The Balaban J connectivity index is 1.56. The van der Waals surface area contributed by atoms with Crippen molar-refractivity contribution in [3.63, 3.8) is 0 Å². The van der Waals surface area contributed by atoms with Crippen molar-refractivity contribution in [2.45, 2.75) is 78.4 Å². The molecule has 2 aromatic carbocycles. The minimum atomic E-state index is 0.0165. The van der Waals surface area contributed by atoms with Gasteiger partial charge in [-0.1, -0.05) is 55.7 Å². The van der Waals surface area contributed by atoms with E-state index < -0.39 is 0 Å². The van der Waals surface area contributed by atoms with Gasteiger partial charge in [0.05, 0.1) is 12.3 Å². The molecule has 0 saturated heterocycles. The van der Waals surface area contributed by atoms with Gasteiger partial charge in [0.2, 0.25) is 5.91 Å². The summed E-state index contributed by atoms with van der Waals surface area (Å²) in [6.07, 6.45) is 6.35. The van der Waals surface area contributed by atoms with E-state index in [4.69, 9.17) is 4.74 Å². The topological polar surface area (TPSA) is 58.0 Å². The number of nitrogens with zero attached hydrogens (tertiary/aromatic N) is 4. The average molecular weight is 573 g/mol. The molecule has 42 heavy (non-hydrogen) atoms. The van der Waals surface area contributed by atoms with Crippen LogP contribution in [0.25, 0.3) is 10.9 Å². The molecule has 226 valence electrons. The molecule has 1 aliphatic heterocycles. The molecule has 0 unspecified atom stereocenters. The number of ether oxygens (including phenoxy) is 1. The van der Waals surface area contributed by atoms with E-state index in [2.05, 4.69) is 65.5 Å². The summed E-state index contributed by atoms with van der Waals surface area (Å²) in [5.74, 6) is 0.368. The Bertz CT molecular complexity index is 1370. The van der Waals surface area contributed by atoms with Crippen LogP contribution in [0.4, 0.5) is 5.69 Å². The lowest BCUT2D eigenvalue weighted by Gasteiger charge is -2.33. The van der Waals surface area contributed by atoms with Gasteiger partial charge in [-0.2, -0.15) is 0 Å². The number of anilines is 1. The molecule has 0 bridgehead atoms. The molecule has 2 amide bonds. The summed E-state index contributed by atoms with van der Waals surface area (Å²) < 4.78 is 7.52. The molecule has 1 aliphatic carbocycles. The van der Waals surface area contributed by atoms with E-state index in [1.54, 1.807) is 7.11 Å². The highest BCUT2D eigenvalue weighted by Crippen LogP contribution is 2.33. The first-order valence-corrected chi connectivity index (χ1v) is 15.9. The Morgan fingerprint density at radius 2 is 1.71 bits per heavy atom. The quantitative estimate of drug-likeness (QED) is 0.350. The molecule has 0 spiro atoms. The summed E-state index contributed by atoms with van der Waals surface area (Å²) in [6, 6.07) is 16.8. The molecule has 1 saturated carbocycles. The summed E-state index contributed by atoms with van der Waals surface area (Å²) in [6.45, 7) is 11.1. The summed E-state index contributed by atoms with van der Waals surface area (Å²) in [5.41, 5.74) is 4.87. The smallest absolute Gasteiger partial charge is 0.270 e. The van der Waals surface area contributed by atoms with Crippen molar-refractivity contribution in [2.24, 2.45) is 5.92 Å². The standard InChI is InChI=1S/C35H48N4O3/c1-26(2)36-18-11-19-39(34(40)28-13-6-5-7-14-28)33-27(3)12-10-16-30(33)25-37(21-20-36)35(41)32-24-29-15-8-9-17-31(29)38(32)22-23-42-4/h8-10,12,15-17,24,26,28H,5-7,11,13-14,18-23,25H2,1-4H3. The van der Waals surface area contributed by atoms with E-state index in [0.717, 1.165) is 72.9 Å². The minimum absolute atomic E-state index is 0.0165. The first-order chi connectivity index (χ1) is 20.4. The Hall–Kier alpha value is -3.16. The van der Waals surface area contributed by atoms with Gasteiger partial charge in [0.1, 0.15) is 5.69 Å². The third kappa shape index (κ3) is 6.57. The number of benzene rings is 2. The van der Waals surface area contributed by atoms with Gasteiger partial charge < -0.3 is 19.1 Å². The molecule has 2 aliphatic rings. The second kappa shape index (κ2) is 13.9. The summed E-state index contributed by atoms with van der Waals surface area (Å²) >= 11 is 0. The monoisotopic (exact) mass is 572 g/mol. The van der Waals surface area contributed by atoms with E-state index in [-0.39, 0.29) is 17.7 Å². The van der Waals surface area contributed by atoms with Gasteiger partial charge in [-0.15, -0.1) is 0 Å². The van der Waals surface area contributed by atoms with E-state index in [0.29, 0.717) is 44.5 Å². The van der Waals surface area contributed by atoms with Crippen molar-refractivity contribution < 1.29 is 14.3 Å². The van der Waals surface area contributed by atoms with Crippen LogP contribution in [0.2, 0.25) is 0 Å². The number of aromatic nitrogens is 1. The van der Waals surface area contributed by atoms with Crippen molar-refractivity contribution in [3.8, 4) is 0 Å². The van der Waals surface area contributed by atoms with E-state index in [1.807, 2.05) is 23.1 Å². The fourth-order valence-electron chi connectivity index (χ4n) is 6.88. The number of carbonyl (C=O) groups is 2. The van der Waals surface area contributed by atoms with Gasteiger partial charge in [-0.05, 0) is 63.3 Å². The SMILES string of the molecule is COCCn1c(C(=O)N2CCN(C(C)C)CCCN(C(=O)C3CCCCC3)c3c(C)cccc3C2)cc2ccccc21. The summed E-state index contributed by atoms with van der Waals surface area (Å²) in [5, 5.41) is 1.05. The fourth-order valence-corrected chi connectivity index (χ4v) is 6.88. The Labute approximate surface area is 251 Å². The Morgan fingerprint density at radius 3 is 2.48 bits per heavy atom. The third-order valence-corrected chi connectivity index (χ3v) is 9.22. The second-order valence-electron chi connectivity index (χ2n) is 12.4. The van der Waals surface area contributed by atoms with Gasteiger partial charge in [-0.25, -0.2) is 0 Å². The van der Waals surface area contributed by atoms with Crippen LogP contribution < -0.4 is 4.90 Å². The molecule has 1 fully saturated rings. The normalized spacial score (nSPS) is 17.8. The highest BCUT2D eigenvalue weighted by Gasteiger charge is 2.31. The predicted molar refractivity (Wildman–Crippen MR) is 170 cm³/mol. The number of hydrogen-bond acceptors (Lipinski definition) is 4. The molecule has 5 rings (SSSR count). The zero-order valence-corrected chi connectivity index (χ0v) is 26.0. The number of hydrogen-bond donors (Lipinski definition) is 0. The van der Waals surface area contributed by atoms with E-state index in [1.165, 1.54) is 6.42 Å². The zero-order chi connectivity index (χ0) is 29.6. The lowest BCUT2D eigenvalue weighted by atomic mass is 9.87. The maximum atomic E-state index is 14.5. The Morgan fingerprint density at radius 1 is 0.929 bits per heavy atom. The van der Waals surface area contributed by atoms with Crippen LogP contribution in [0.15, 0.2) is 48.5 Å². The number of fused-ring (bicyclic) bond motifs is 2. The molecule has 0 radical (unpaired) electrons. The van der Waals surface area contributed by atoms with Crippen molar-refractivity contribution in [1.29, 1.82) is 0 Å². The largest absolute Gasteiger partial charge is 0.383 e. The number of aryl methyl sites for hydroxylation is 1. The Kier molecular flexibility index (Phi) is 10.0. The number of amides is 2. The minimum Gasteiger partial charge on any atom is -0.383 e. The van der Waals surface area contributed by atoms with Crippen molar-refractivity contribution in [1.82, 2.24) is 14.4 Å². The van der Waals surface area contributed by atoms with Crippen LogP contribution in [0.1, 0.15) is 74.0 Å². The highest BCUT2D eigenvalue weighted by molar-refractivity contribution is 5.99. The molecule has 3 aromatic rings. The summed E-state index contributed by atoms with van der Waals surface area (Å²) in [7, 11) is 1.70. The molecule has 0 atom stereocenters. The maximum absolute atomic E-state index is 14.5. The van der Waals surface area contributed by atoms with Crippen LogP contribution in [-0.2, 0) is 22.6 Å². The number of carbonyl (C=O) groups excluding carboxylic acids is 2. The van der Waals surface area contributed by atoms with Gasteiger partial charge in [-0.3, -0.25) is 14.5 Å². The van der Waals surface area contributed by atoms with Crippen LogP contribution in [-0.4, -0.2) is 72.1 Å². The number of methoxy groups -OCH3 is 1. The van der Waals surface area contributed by atoms with Crippen molar-refractivity contribution in [2.75, 3.05) is 44.8 Å². The number of para-hydroxylation sites is 2. The van der Waals surface area contributed by atoms with Gasteiger partial charge >= 0.3 is 0 Å². The molecular weight excluding hydrogens is 524 g/mol. The van der Waals surface area contributed by atoms with Gasteiger partial charge in [0, 0.05) is 69.2 Å². The zero-order valence-electron chi connectivity index (χ0n) is 26.0. The molecule has 7 heteroatoms. The predicted octanol–water partition coefficient (Wildman–Crippen LogP) is 6.27. The van der Waals surface area contributed by atoms with Crippen LogP contribution in [0, 0.1) is 12.8 Å². The molecule has 0 N–H and O–H groups in total. The van der Waals surface area contributed by atoms with Crippen LogP contribution in [0.3, 0.4) is 0 Å². The maximum Gasteiger partial charge on any atom is 0.270 e. The summed E-state index contributed by atoms with van der Waals surface area (Å²) in [4.78, 5) is 35.2. The first-order valence-electron chi connectivity index (χ1n) is 15.9. The van der Waals surface area contributed by atoms with Crippen LogP contribution >= 0.6 is 0 Å². The molecule has 2 heterocycles. The average Bonchev–Trinajstić information content (AvgIpc) is 3.35.